The van der Waals surface area contributed by atoms with Crippen LogP contribution in [0.4, 0.5) is 4.79 Å². The molecular formula is C11H19N3O5. The zero-order valence-corrected chi connectivity index (χ0v) is 10.9. The van der Waals surface area contributed by atoms with Gasteiger partial charge in [0.05, 0.1) is 6.54 Å². The lowest BCUT2D eigenvalue weighted by Crippen LogP contribution is -2.53. The SMILES string of the molecule is CC(NC(=O)NCC(C)(O)C(=O)O)C(=O)NC1CC1. The van der Waals surface area contributed by atoms with Gasteiger partial charge in [0.2, 0.25) is 5.91 Å². The molecule has 5 N–H and O–H groups in total. The van der Waals surface area contributed by atoms with Crippen molar-refractivity contribution in [3.8, 4) is 0 Å². The molecule has 0 aromatic carbocycles. The van der Waals surface area contributed by atoms with Gasteiger partial charge >= 0.3 is 12.0 Å². The minimum absolute atomic E-state index is 0.201. The Hall–Kier alpha value is -1.83. The van der Waals surface area contributed by atoms with Crippen molar-refractivity contribution >= 4 is 17.9 Å². The molecule has 1 rings (SSSR count). The first-order chi connectivity index (χ1) is 8.72. The average molecular weight is 273 g/mol. The fraction of sp³-hybridized carbons (Fsp3) is 0.727. The number of carboxylic acids is 1. The third-order valence-electron chi connectivity index (χ3n) is 2.72. The van der Waals surface area contributed by atoms with Gasteiger partial charge in [-0.25, -0.2) is 9.59 Å². The van der Waals surface area contributed by atoms with Crippen molar-refractivity contribution in [3.63, 3.8) is 0 Å². The van der Waals surface area contributed by atoms with Gasteiger partial charge in [-0.15, -0.1) is 0 Å². The van der Waals surface area contributed by atoms with E-state index >= 15 is 0 Å². The van der Waals surface area contributed by atoms with E-state index in [1.54, 1.807) is 0 Å². The fourth-order valence-corrected chi connectivity index (χ4v) is 1.20. The zero-order valence-electron chi connectivity index (χ0n) is 10.9. The van der Waals surface area contributed by atoms with Crippen LogP contribution in [0.2, 0.25) is 0 Å². The maximum Gasteiger partial charge on any atom is 0.337 e. The number of rotatable bonds is 6. The van der Waals surface area contributed by atoms with Gasteiger partial charge in [0, 0.05) is 6.04 Å². The van der Waals surface area contributed by atoms with E-state index in [9.17, 15) is 19.5 Å². The Morgan fingerprint density at radius 2 is 1.95 bits per heavy atom. The minimum atomic E-state index is -2.04. The summed E-state index contributed by atoms with van der Waals surface area (Å²) < 4.78 is 0. The molecule has 0 saturated heterocycles. The smallest absolute Gasteiger partial charge is 0.337 e. The van der Waals surface area contributed by atoms with E-state index < -0.39 is 30.2 Å². The molecule has 1 aliphatic carbocycles. The molecule has 0 spiro atoms. The molecule has 19 heavy (non-hydrogen) atoms. The summed E-state index contributed by atoms with van der Waals surface area (Å²) in [5.74, 6) is -1.73. The third-order valence-corrected chi connectivity index (χ3v) is 2.72. The summed E-state index contributed by atoms with van der Waals surface area (Å²) in [6.07, 6.45) is 1.90. The van der Waals surface area contributed by atoms with Crippen LogP contribution < -0.4 is 16.0 Å². The molecule has 0 aliphatic heterocycles. The molecule has 1 fully saturated rings. The van der Waals surface area contributed by atoms with Gasteiger partial charge in [-0.2, -0.15) is 0 Å². The second-order valence-corrected chi connectivity index (χ2v) is 4.91. The third kappa shape index (κ3) is 5.12. The number of amides is 3. The number of carbonyl (C=O) groups is 3. The van der Waals surface area contributed by atoms with E-state index in [2.05, 4.69) is 16.0 Å². The number of hydrogen-bond acceptors (Lipinski definition) is 4. The van der Waals surface area contributed by atoms with E-state index in [0.29, 0.717) is 0 Å². The number of carboxylic acid groups (broad SMARTS) is 1. The standard InChI is InChI=1S/C11H19N3O5/c1-6(8(15)14-7-3-4-7)13-10(18)12-5-11(2,19)9(16)17/h6-7,19H,3-5H2,1-2H3,(H,14,15)(H,16,17)(H2,12,13,18). The van der Waals surface area contributed by atoms with Crippen molar-refractivity contribution in [1.82, 2.24) is 16.0 Å². The van der Waals surface area contributed by atoms with Gasteiger partial charge in [-0.05, 0) is 26.7 Å². The lowest BCUT2D eigenvalue weighted by Gasteiger charge is -2.20. The van der Waals surface area contributed by atoms with Gasteiger partial charge in [0.15, 0.2) is 5.60 Å². The van der Waals surface area contributed by atoms with Gasteiger partial charge in [-0.1, -0.05) is 0 Å². The highest BCUT2D eigenvalue weighted by Crippen LogP contribution is 2.18. The summed E-state index contributed by atoms with van der Waals surface area (Å²) in [4.78, 5) is 33.6. The number of aliphatic hydroxyl groups is 1. The zero-order chi connectivity index (χ0) is 14.6. The van der Waals surface area contributed by atoms with Gasteiger partial charge in [0.25, 0.3) is 0 Å². The number of carbonyl (C=O) groups excluding carboxylic acids is 2. The van der Waals surface area contributed by atoms with E-state index in [4.69, 9.17) is 5.11 Å². The van der Waals surface area contributed by atoms with Crippen LogP contribution in [0.1, 0.15) is 26.7 Å². The van der Waals surface area contributed by atoms with Crippen molar-refractivity contribution in [1.29, 1.82) is 0 Å². The van der Waals surface area contributed by atoms with Crippen LogP contribution in [0.5, 0.6) is 0 Å². The molecule has 1 aliphatic rings. The predicted octanol–water partition coefficient (Wildman–Crippen LogP) is -1.21. The summed E-state index contributed by atoms with van der Waals surface area (Å²) in [5, 5.41) is 25.3. The normalized spacial score (nSPS) is 18.9. The van der Waals surface area contributed by atoms with E-state index in [1.165, 1.54) is 6.92 Å². The highest BCUT2D eigenvalue weighted by Gasteiger charge is 2.31. The molecule has 0 heterocycles. The molecule has 3 amide bonds. The second-order valence-electron chi connectivity index (χ2n) is 4.91. The summed E-state index contributed by atoms with van der Waals surface area (Å²) >= 11 is 0. The van der Waals surface area contributed by atoms with Crippen LogP contribution >= 0.6 is 0 Å². The first-order valence-corrected chi connectivity index (χ1v) is 6.03. The van der Waals surface area contributed by atoms with Gasteiger partial charge in [0.1, 0.15) is 6.04 Å². The van der Waals surface area contributed by atoms with Crippen molar-refractivity contribution in [3.05, 3.63) is 0 Å². The second kappa shape index (κ2) is 5.87. The summed E-state index contributed by atoms with van der Waals surface area (Å²) in [6, 6.07) is -1.23. The summed E-state index contributed by atoms with van der Waals surface area (Å²) in [5.41, 5.74) is -2.04. The van der Waals surface area contributed by atoms with Crippen molar-refractivity contribution in [2.45, 2.75) is 44.4 Å². The van der Waals surface area contributed by atoms with Crippen molar-refractivity contribution < 1.29 is 24.6 Å². The Morgan fingerprint density at radius 3 is 2.42 bits per heavy atom. The number of hydrogen-bond donors (Lipinski definition) is 5. The molecule has 8 nitrogen and oxygen atoms in total. The van der Waals surface area contributed by atoms with E-state index in [1.807, 2.05) is 0 Å². The maximum atomic E-state index is 11.5. The molecule has 0 radical (unpaired) electrons. The Labute approximate surface area is 110 Å². The van der Waals surface area contributed by atoms with Crippen LogP contribution in [0.3, 0.4) is 0 Å². The fourth-order valence-electron chi connectivity index (χ4n) is 1.20. The number of aliphatic carboxylic acids is 1. The van der Waals surface area contributed by atoms with Crippen LogP contribution in [0.25, 0.3) is 0 Å². The molecular weight excluding hydrogens is 254 g/mol. The average Bonchev–Trinajstić information content (AvgIpc) is 3.10. The lowest BCUT2D eigenvalue weighted by atomic mass is 10.1. The highest BCUT2D eigenvalue weighted by atomic mass is 16.4. The maximum absolute atomic E-state index is 11.5. The Morgan fingerprint density at radius 1 is 1.37 bits per heavy atom. The van der Waals surface area contributed by atoms with Gasteiger partial charge < -0.3 is 26.2 Å². The van der Waals surface area contributed by atoms with Gasteiger partial charge in [-0.3, -0.25) is 4.79 Å². The quantitative estimate of drug-likeness (QED) is 0.415. The van der Waals surface area contributed by atoms with Crippen LogP contribution in [-0.4, -0.2) is 52.4 Å². The first-order valence-electron chi connectivity index (χ1n) is 6.03. The van der Waals surface area contributed by atoms with Crippen LogP contribution in [0, 0.1) is 0 Å². The van der Waals surface area contributed by atoms with E-state index in [-0.39, 0.29) is 11.9 Å². The first kappa shape index (κ1) is 15.2. The van der Waals surface area contributed by atoms with Crippen molar-refractivity contribution in [2.24, 2.45) is 0 Å². The Balaban J connectivity index is 2.29. The molecule has 8 heteroatoms. The minimum Gasteiger partial charge on any atom is -0.479 e. The van der Waals surface area contributed by atoms with Crippen LogP contribution in [0.15, 0.2) is 0 Å². The lowest BCUT2D eigenvalue weighted by molar-refractivity contribution is -0.155. The predicted molar refractivity (Wildman–Crippen MR) is 65.4 cm³/mol. The summed E-state index contributed by atoms with van der Waals surface area (Å²) in [7, 11) is 0. The number of nitrogens with one attached hydrogen (secondary N) is 3. The van der Waals surface area contributed by atoms with E-state index in [0.717, 1.165) is 19.8 Å². The van der Waals surface area contributed by atoms with Crippen molar-refractivity contribution in [2.75, 3.05) is 6.54 Å². The highest BCUT2D eigenvalue weighted by molar-refractivity contribution is 5.87. The molecule has 2 atom stereocenters. The Kier molecular flexibility index (Phi) is 4.71. The Bertz CT molecular complexity index is 379. The molecule has 0 aromatic heterocycles. The molecule has 0 bridgehead atoms. The molecule has 1 saturated carbocycles. The number of urea groups is 1. The molecule has 108 valence electrons. The largest absolute Gasteiger partial charge is 0.479 e. The summed E-state index contributed by atoms with van der Waals surface area (Å²) in [6.45, 7) is 2.14. The molecule has 0 aromatic rings. The van der Waals surface area contributed by atoms with Crippen LogP contribution in [-0.2, 0) is 9.59 Å². The monoisotopic (exact) mass is 273 g/mol. The topological polar surface area (TPSA) is 128 Å². The molecule has 2 unspecified atom stereocenters.